The fourth-order valence-electron chi connectivity index (χ4n) is 1.03. The molecule has 1 amide bonds. The molecule has 18 heavy (non-hydrogen) atoms. The number of amides is 1. The van der Waals surface area contributed by atoms with Crippen molar-refractivity contribution in [1.82, 2.24) is 10.3 Å². The first-order valence-electron chi connectivity index (χ1n) is 5.45. The summed E-state index contributed by atoms with van der Waals surface area (Å²) in [6.07, 6.45) is 3.32. The molecule has 0 radical (unpaired) electrons. The van der Waals surface area contributed by atoms with Gasteiger partial charge in [0.15, 0.2) is 0 Å². The maximum Gasteiger partial charge on any atom is 0.310 e. The second-order valence-corrected chi connectivity index (χ2v) is 5.49. The zero-order chi connectivity index (χ0) is 13.6. The largest absolute Gasteiger partial charge is 0.481 e. The van der Waals surface area contributed by atoms with E-state index in [1.54, 1.807) is 26.2 Å². The highest BCUT2D eigenvalue weighted by molar-refractivity contribution is 8.00. The van der Waals surface area contributed by atoms with Crippen LogP contribution in [-0.2, 0) is 9.59 Å². The minimum atomic E-state index is -0.947. The number of hydrogen-bond donors (Lipinski definition) is 2. The monoisotopic (exact) mass is 268 g/mol. The van der Waals surface area contributed by atoms with Crippen LogP contribution in [0.15, 0.2) is 29.4 Å². The van der Waals surface area contributed by atoms with Gasteiger partial charge in [-0.15, -0.1) is 11.8 Å². The molecule has 1 aromatic rings. The molecular formula is C12H16N2O3S. The van der Waals surface area contributed by atoms with Gasteiger partial charge < -0.3 is 10.4 Å². The lowest BCUT2D eigenvalue weighted by Crippen LogP contribution is -2.39. The Hall–Kier alpha value is -1.56. The number of pyridine rings is 1. The summed E-state index contributed by atoms with van der Waals surface area (Å²) in [5.41, 5.74) is -0.947. The van der Waals surface area contributed by atoms with Crippen LogP contribution in [0.2, 0.25) is 0 Å². The van der Waals surface area contributed by atoms with E-state index in [-0.39, 0.29) is 18.2 Å². The van der Waals surface area contributed by atoms with E-state index in [4.69, 9.17) is 5.11 Å². The van der Waals surface area contributed by atoms with Crippen LogP contribution in [0.1, 0.15) is 13.8 Å². The Morgan fingerprint density at radius 3 is 2.56 bits per heavy atom. The van der Waals surface area contributed by atoms with Crippen molar-refractivity contribution in [3.05, 3.63) is 24.5 Å². The second kappa shape index (κ2) is 6.39. The van der Waals surface area contributed by atoms with Crippen LogP contribution in [0, 0.1) is 5.41 Å². The van der Waals surface area contributed by atoms with Gasteiger partial charge >= 0.3 is 5.97 Å². The summed E-state index contributed by atoms with van der Waals surface area (Å²) in [6.45, 7) is 3.27. The number of aromatic nitrogens is 1. The average molecular weight is 268 g/mol. The van der Waals surface area contributed by atoms with Gasteiger partial charge in [-0.1, -0.05) is 0 Å². The molecule has 98 valence electrons. The summed E-state index contributed by atoms with van der Waals surface area (Å²) in [4.78, 5) is 27.2. The molecule has 1 rings (SSSR count). The summed E-state index contributed by atoms with van der Waals surface area (Å²) in [5.74, 6) is -0.838. The lowest BCUT2D eigenvalue weighted by Gasteiger charge is -2.19. The van der Waals surface area contributed by atoms with Crippen LogP contribution in [0.3, 0.4) is 0 Å². The van der Waals surface area contributed by atoms with Crippen LogP contribution < -0.4 is 5.32 Å². The lowest BCUT2D eigenvalue weighted by molar-refractivity contribution is -0.146. The first kappa shape index (κ1) is 14.5. The zero-order valence-corrected chi connectivity index (χ0v) is 11.2. The van der Waals surface area contributed by atoms with Crippen molar-refractivity contribution in [2.24, 2.45) is 5.41 Å². The Bertz CT molecular complexity index is 421. The molecule has 0 spiro atoms. The van der Waals surface area contributed by atoms with Gasteiger partial charge in [-0.05, 0) is 26.0 Å². The molecule has 5 nitrogen and oxygen atoms in total. The number of carbonyl (C=O) groups excluding carboxylic acids is 1. The van der Waals surface area contributed by atoms with Crippen LogP contribution in [0.5, 0.6) is 0 Å². The normalized spacial score (nSPS) is 11.0. The molecule has 0 saturated carbocycles. The van der Waals surface area contributed by atoms with E-state index >= 15 is 0 Å². The van der Waals surface area contributed by atoms with Crippen molar-refractivity contribution in [2.75, 3.05) is 12.3 Å². The fraction of sp³-hybridized carbons (Fsp3) is 0.417. The standard InChI is InChI=1S/C12H16N2O3S/c1-12(2,11(16)17)8-14-10(15)7-18-9-3-5-13-6-4-9/h3-6H,7-8H2,1-2H3,(H,14,15)(H,16,17). The van der Waals surface area contributed by atoms with Crippen LogP contribution >= 0.6 is 11.8 Å². The smallest absolute Gasteiger partial charge is 0.310 e. The Kier molecular flexibility index (Phi) is 5.15. The molecule has 6 heteroatoms. The van der Waals surface area contributed by atoms with Crippen molar-refractivity contribution in [3.8, 4) is 0 Å². The van der Waals surface area contributed by atoms with Crippen LogP contribution in [0.25, 0.3) is 0 Å². The molecule has 0 fully saturated rings. The summed E-state index contributed by atoms with van der Waals surface area (Å²) in [6, 6.07) is 3.64. The van der Waals surface area contributed by atoms with Gasteiger partial charge in [0.25, 0.3) is 0 Å². The van der Waals surface area contributed by atoms with E-state index in [0.717, 1.165) is 4.90 Å². The number of nitrogens with zero attached hydrogens (tertiary/aromatic N) is 1. The number of carboxylic acids is 1. The van der Waals surface area contributed by atoms with E-state index in [1.807, 2.05) is 12.1 Å². The first-order chi connectivity index (χ1) is 8.42. The van der Waals surface area contributed by atoms with Crippen molar-refractivity contribution >= 4 is 23.6 Å². The minimum absolute atomic E-state index is 0.123. The van der Waals surface area contributed by atoms with E-state index in [0.29, 0.717) is 0 Å². The molecule has 0 saturated heterocycles. The summed E-state index contributed by atoms with van der Waals surface area (Å²) in [5, 5.41) is 11.5. The van der Waals surface area contributed by atoms with Gasteiger partial charge in [-0.3, -0.25) is 14.6 Å². The number of aliphatic carboxylic acids is 1. The predicted octanol–water partition coefficient (Wildman–Crippen LogP) is 1.40. The molecule has 2 N–H and O–H groups in total. The molecule has 0 unspecified atom stereocenters. The van der Waals surface area contributed by atoms with Crippen molar-refractivity contribution in [3.63, 3.8) is 0 Å². The Morgan fingerprint density at radius 2 is 2.00 bits per heavy atom. The molecule has 0 aliphatic carbocycles. The average Bonchev–Trinajstić information content (AvgIpc) is 2.35. The number of carbonyl (C=O) groups is 2. The molecule has 1 heterocycles. The topological polar surface area (TPSA) is 79.3 Å². The van der Waals surface area contributed by atoms with E-state index in [2.05, 4.69) is 10.3 Å². The summed E-state index contributed by atoms with van der Waals surface area (Å²) < 4.78 is 0. The lowest BCUT2D eigenvalue weighted by atomic mass is 9.94. The van der Waals surface area contributed by atoms with Crippen molar-refractivity contribution < 1.29 is 14.7 Å². The number of rotatable bonds is 6. The third-order valence-corrected chi connectivity index (χ3v) is 3.34. The molecule has 1 aromatic heterocycles. The third-order valence-electron chi connectivity index (χ3n) is 2.33. The van der Waals surface area contributed by atoms with Gasteiger partial charge in [-0.2, -0.15) is 0 Å². The second-order valence-electron chi connectivity index (χ2n) is 4.44. The number of carboxylic acid groups (broad SMARTS) is 1. The highest BCUT2D eigenvalue weighted by Gasteiger charge is 2.27. The Labute approximate surface area is 110 Å². The Morgan fingerprint density at radius 1 is 1.39 bits per heavy atom. The molecule has 0 aliphatic heterocycles. The van der Waals surface area contributed by atoms with Gasteiger partial charge in [0.1, 0.15) is 0 Å². The summed E-state index contributed by atoms with van der Waals surface area (Å²) in [7, 11) is 0. The highest BCUT2D eigenvalue weighted by Crippen LogP contribution is 2.16. The maximum atomic E-state index is 11.5. The van der Waals surface area contributed by atoms with E-state index in [9.17, 15) is 9.59 Å². The number of hydrogen-bond acceptors (Lipinski definition) is 4. The maximum absolute atomic E-state index is 11.5. The predicted molar refractivity (Wildman–Crippen MR) is 69.4 cm³/mol. The SMILES string of the molecule is CC(C)(CNC(=O)CSc1ccncc1)C(=O)O. The van der Waals surface area contributed by atoms with Gasteiger partial charge in [0.05, 0.1) is 11.2 Å². The molecule has 0 aromatic carbocycles. The van der Waals surface area contributed by atoms with Gasteiger partial charge in [-0.25, -0.2) is 0 Å². The molecule has 0 bridgehead atoms. The molecule has 0 aliphatic rings. The van der Waals surface area contributed by atoms with Gasteiger partial charge in [0.2, 0.25) is 5.91 Å². The fourth-order valence-corrected chi connectivity index (χ4v) is 1.74. The highest BCUT2D eigenvalue weighted by atomic mass is 32.2. The third kappa shape index (κ3) is 4.75. The Balaban J connectivity index is 2.33. The number of nitrogens with one attached hydrogen (secondary N) is 1. The van der Waals surface area contributed by atoms with Crippen LogP contribution in [0.4, 0.5) is 0 Å². The van der Waals surface area contributed by atoms with E-state index in [1.165, 1.54) is 11.8 Å². The zero-order valence-electron chi connectivity index (χ0n) is 10.3. The summed E-state index contributed by atoms with van der Waals surface area (Å²) >= 11 is 1.39. The molecule has 0 atom stereocenters. The minimum Gasteiger partial charge on any atom is -0.481 e. The quantitative estimate of drug-likeness (QED) is 0.762. The van der Waals surface area contributed by atoms with Crippen molar-refractivity contribution in [2.45, 2.75) is 18.7 Å². The van der Waals surface area contributed by atoms with E-state index < -0.39 is 11.4 Å². The molecular weight excluding hydrogens is 252 g/mol. The van der Waals surface area contributed by atoms with Crippen LogP contribution in [-0.4, -0.2) is 34.3 Å². The van der Waals surface area contributed by atoms with Crippen molar-refractivity contribution in [1.29, 1.82) is 0 Å². The number of thioether (sulfide) groups is 1. The first-order valence-corrected chi connectivity index (χ1v) is 6.43. The van der Waals surface area contributed by atoms with Gasteiger partial charge in [0, 0.05) is 23.8 Å².